The second-order valence-corrected chi connectivity index (χ2v) is 9.62. The molecule has 32 heavy (non-hydrogen) atoms. The predicted octanol–water partition coefficient (Wildman–Crippen LogP) is 6.80. The number of esters is 1. The fraction of sp³-hybridized carbons (Fsp3) is 0.348. The number of hydrogen-bond donors (Lipinski definition) is 1. The normalized spacial score (nSPS) is 19.2. The van der Waals surface area contributed by atoms with Gasteiger partial charge in [0.05, 0.1) is 17.8 Å². The highest BCUT2D eigenvalue weighted by Gasteiger charge is 2.59. The van der Waals surface area contributed by atoms with Crippen molar-refractivity contribution in [2.45, 2.75) is 44.9 Å². The Morgan fingerprint density at radius 2 is 1.69 bits per heavy atom. The van der Waals surface area contributed by atoms with Gasteiger partial charge < -0.3 is 4.74 Å². The summed E-state index contributed by atoms with van der Waals surface area (Å²) in [5.74, 6) is -0.541. The molecular formula is C23H22Cl2F3NO3. The largest absolute Gasteiger partial charge is 0.456 e. The molecule has 4 nitrogen and oxygen atoms in total. The Morgan fingerprint density at radius 3 is 2.19 bits per heavy atom. The highest BCUT2D eigenvalue weighted by molar-refractivity contribution is 6.34. The number of halogens is 5. The van der Waals surface area contributed by atoms with Gasteiger partial charge in [0, 0.05) is 15.6 Å². The average molecular weight is 488 g/mol. The number of nitrogens with zero attached hydrogens (tertiary/aromatic N) is 1. The van der Waals surface area contributed by atoms with Gasteiger partial charge in [0.25, 0.3) is 0 Å². The van der Waals surface area contributed by atoms with Crippen LogP contribution >= 0.6 is 23.2 Å². The van der Waals surface area contributed by atoms with Crippen LogP contribution in [0.15, 0.2) is 42.5 Å². The van der Waals surface area contributed by atoms with E-state index in [-0.39, 0.29) is 26.9 Å². The molecule has 9 heteroatoms. The summed E-state index contributed by atoms with van der Waals surface area (Å²) in [5, 5.41) is 11.1. The molecule has 0 saturated heterocycles. The lowest BCUT2D eigenvalue weighted by molar-refractivity contribution is -0.187. The number of alkyl halides is 3. The molecule has 1 atom stereocenters. The van der Waals surface area contributed by atoms with E-state index in [1.165, 1.54) is 36.4 Å². The van der Waals surface area contributed by atoms with E-state index in [2.05, 4.69) is 0 Å². The Balaban J connectivity index is 2.08. The summed E-state index contributed by atoms with van der Waals surface area (Å²) in [5.41, 5.74) is -2.34. The van der Waals surface area contributed by atoms with Crippen molar-refractivity contribution in [2.75, 3.05) is 6.54 Å². The number of ether oxygens (including phenoxy) is 1. The summed E-state index contributed by atoms with van der Waals surface area (Å²) in [7, 11) is 0. The number of rotatable bonds is 3. The highest BCUT2D eigenvalue weighted by Crippen LogP contribution is 2.50. The number of hydroxylamine groups is 2. The lowest BCUT2D eigenvalue weighted by Crippen LogP contribution is -2.44. The van der Waals surface area contributed by atoms with Gasteiger partial charge in [-0.2, -0.15) is 13.2 Å². The molecule has 0 aromatic heterocycles. The molecule has 0 bridgehead atoms. The molecule has 1 aliphatic rings. The summed E-state index contributed by atoms with van der Waals surface area (Å²) in [6.45, 7) is 6.09. The molecule has 1 N–H and O–H groups in total. The summed E-state index contributed by atoms with van der Waals surface area (Å²) >= 11 is 11.9. The van der Waals surface area contributed by atoms with Crippen LogP contribution in [0.3, 0.4) is 0 Å². The number of benzene rings is 2. The van der Waals surface area contributed by atoms with E-state index in [1.807, 2.05) is 0 Å². The standard InChI is InChI=1S/C23H22Cl2F3NO3/c1-13-7-14(5-6-18(13)20(30)32-21(2,3)4)19-11-22(12-29(19)31,23(26,27)28)15-8-16(24)10-17(25)9-15/h5-11,31H,12H2,1-4H3. The van der Waals surface area contributed by atoms with Crippen LogP contribution in [0.1, 0.15) is 47.8 Å². The number of aryl methyl sites for hydroxylation is 1. The Bertz CT molecular complexity index is 1070. The maximum atomic E-state index is 14.3. The zero-order valence-corrected chi connectivity index (χ0v) is 19.4. The van der Waals surface area contributed by atoms with Crippen molar-refractivity contribution >= 4 is 34.9 Å². The first kappa shape index (κ1) is 24.4. The van der Waals surface area contributed by atoms with E-state index in [4.69, 9.17) is 27.9 Å². The van der Waals surface area contributed by atoms with Crippen molar-refractivity contribution in [3.05, 3.63) is 74.8 Å². The number of hydrogen-bond acceptors (Lipinski definition) is 4. The van der Waals surface area contributed by atoms with Crippen molar-refractivity contribution < 1.29 is 27.9 Å². The fourth-order valence-corrected chi connectivity index (χ4v) is 4.14. The van der Waals surface area contributed by atoms with Crippen molar-refractivity contribution in [1.29, 1.82) is 0 Å². The first-order chi connectivity index (χ1) is 14.6. The van der Waals surface area contributed by atoms with E-state index in [9.17, 15) is 23.2 Å². The molecule has 172 valence electrons. The van der Waals surface area contributed by atoms with E-state index in [0.717, 1.165) is 6.08 Å². The first-order valence-electron chi connectivity index (χ1n) is 9.70. The molecule has 0 fully saturated rings. The van der Waals surface area contributed by atoms with Gasteiger partial charge in [-0.3, -0.25) is 10.3 Å². The second-order valence-electron chi connectivity index (χ2n) is 8.75. The Labute approximate surface area is 194 Å². The molecule has 2 aromatic rings. The second kappa shape index (κ2) is 8.28. The molecule has 3 rings (SSSR count). The summed E-state index contributed by atoms with van der Waals surface area (Å²) in [4.78, 5) is 12.4. The summed E-state index contributed by atoms with van der Waals surface area (Å²) in [6, 6.07) is 8.18. The molecule has 0 spiro atoms. The molecule has 1 heterocycles. The van der Waals surface area contributed by atoms with Gasteiger partial charge in [0.15, 0.2) is 0 Å². The summed E-state index contributed by atoms with van der Waals surface area (Å²) in [6.07, 6.45) is -3.79. The van der Waals surface area contributed by atoms with Crippen molar-refractivity contribution in [2.24, 2.45) is 0 Å². The number of carbonyl (C=O) groups is 1. The topological polar surface area (TPSA) is 49.8 Å². The molecule has 1 aliphatic heterocycles. The third-order valence-corrected chi connectivity index (χ3v) is 5.52. The molecule has 0 radical (unpaired) electrons. The fourth-order valence-electron chi connectivity index (χ4n) is 3.61. The molecule has 0 saturated carbocycles. The van der Waals surface area contributed by atoms with Crippen molar-refractivity contribution in [1.82, 2.24) is 5.06 Å². The smallest absolute Gasteiger partial charge is 0.403 e. The lowest BCUT2D eigenvalue weighted by atomic mass is 9.80. The van der Waals surface area contributed by atoms with Crippen LogP contribution < -0.4 is 0 Å². The SMILES string of the molecule is Cc1cc(C2=CC(c3cc(Cl)cc(Cl)c3)(C(F)(F)F)CN2O)ccc1C(=O)OC(C)(C)C. The minimum Gasteiger partial charge on any atom is -0.456 e. The molecule has 1 unspecified atom stereocenters. The predicted molar refractivity (Wildman–Crippen MR) is 117 cm³/mol. The van der Waals surface area contributed by atoms with Gasteiger partial charge in [-0.1, -0.05) is 29.3 Å². The first-order valence-corrected chi connectivity index (χ1v) is 10.5. The van der Waals surface area contributed by atoms with Gasteiger partial charge in [-0.15, -0.1) is 0 Å². The Hall–Kier alpha value is -2.22. The third-order valence-electron chi connectivity index (χ3n) is 5.08. The molecule has 0 amide bonds. The summed E-state index contributed by atoms with van der Waals surface area (Å²) < 4.78 is 48.3. The van der Waals surface area contributed by atoms with Crippen LogP contribution in [0, 0.1) is 6.92 Å². The lowest BCUT2D eigenvalue weighted by Gasteiger charge is -2.31. The van der Waals surface area contributed by atoms with Crippen LogP contribution in [-0.4, -0.2) is 34.6 Å². The van der Waals surface area contributed by atoms with Gasteiger partial charge in [0.2, 0.25) is 0 Å². The van der Waals surface area contributed by atoms with Gasteiger partial charge >= 0.3 is 12.1 Å². The molecular weight excluding hydrogens is 466 g/mol. The van der Waals surface area contributed by atoms with E-state index >= 15 is 0 Å². The van der Waals surface area contributed by atoms with Gasteiger partial charge in [-0.05, 0) is 75.2 Å². The third kappa shape index (κ3) is 4.75. The monoisotopic (exact) mass is 487 g/mol. The van der Waals surface area contributed by atoms with E-state index in [0.29, 0.717) is 16.2 Å². The maximum Gasteiger partial charge on any atom is 0.403 e. The van der Waals surface area contributed by atoms with Crippen LogP contribution in [-0.2, 0) is 10.2 Å². The minimum atomic E-state index is -4.74. The zero-order valence-electron chi connectivity index (χ0n) is 17.8. The average Bonchev–Trinajstić information content (AvgIpc) is 2.98. The zero-order chi connectivity index (χ0) is 24.1. The van der Waals surface area contributed by atoms with E-state index in [1.54, 1.807) is 27.7 Å². The maximum absolute atomic E-state index is 14.3. The minimum absolute atomic E-state index is 0.0442. The quantitative estimate of drug-likeness (QED) is 0.483. The van der Waals surface area contributed by atoms with Gasteiger partial charge in [-0.25, -0.2) is 4.79 Å². The van der Waals surface area contributed by atoms with E-state index < -0.39 is 29.7 Å². The molecule has 2 aromatic carbocycles. The molecule has 0 aliphatic carbocycles. The Morgan fingerprint density at radius 1 is 1.09 bits per heavy atom. The van der Waals surface area contributed by atoms with Crippen LogP contribution in [0.2, 0.25) is 10.0 Å². The van der Waals surface area contributed by atoms with Crippen LogP contribution in [0.5, 0.6) is 0 Å². The van der Waals surface area contributed by atoms with Crippen LogP contribution in [0.25, 0.3) is 5.70 Å². The highest BCUT2D eigenvalue weighted by atomic mass is 35.5. The Kier molecular flexibility index (Phi) is 6.32. The van der Waals surface area contributed by atoms with Gasteiger partial charge in [0.1, 0.15) is 11.0 Å². The van der Waals surface area contributed by atoms with Crippen molar-refractivity contribution in [3.8, 4) is 0 Å². The number of carbonyl (C=O) groups excluding carboxylic acids is 1. The van der Waals surface area contributed by atoms with Crippen LogP contribution in [0.4, 0.5) is 13.2 Å². The van der Waals surface area contributed by atoms with Crippen molar-refractivity contribution in [3.63, 3.8) is 0 Å².